The molecule has 0 aliphatic heterocycles. The number of benzene rings is 1. The Kier molecular flexibility index (Phi) is 3.98. The highest BCUT2D eigenvalue weighted by molar-refractivity contribution is 9.09. The van der Waals surface area contributed by atoms with E-state index >= 15 is 0 Å². The zero-order valence-electron chi connectivity index (χ0n) is 11.4. The molecule has 0 radical (unpaired) electrons. The Bertz CT molecular complexity index is 553. The first-order chi connectivity index (χ1) is 8.77. The molecule has 2 rings (SSSR count). The molecule has 0 saturated heterocycles. The lowest BCUT2D eigenvalue weighted by atomic mass is 9.65. The summed E-state index contributed by atoms with van der Waals surface area (Å²) in [6.07, 6.45) is 3.43. The predicted molar refractivity (Wildman–Crippen MR) is 79.7 cm³/mol. The van der Waals surface area contributed by atoms with Crippen molar-refractivity contribution in [3.8, 4) is 5.75 Å². The van der Waals surface area contributed by atoms with Gasteiger partial charge in [-0.05, 0) is 37.1 Å². The van der Waals surface area contributed by atoms with Crippen molar-refractivity contribution in [1.82, 2.24) is 0 Å². The van der Waals surface area contributed by atoms with Gasteiger partial charge in [-0.3, -0.25) is 0 Å². The van der Waals surface area contributed by atoms with Crippen molar-refractivity contribution in [3.05, 3.63) is 24.3 Å². The van der Waals surface area contributed by atoms with E-state index in [0.29, 0.717) is 9.72 Å². The Balaban J connectivity index is 2.09. The lowest BCUT2D eigenvalue weighted by Gasteiger charge is -2.50. The molecule has 1 aromatic carbocycles. The van der Waals surface area contributed by atoms with Crippen LogP contribution in [0.3, 0.4) is 0 Å². The molecule has 3 atom stereocenters. The van der Waals surface area contributed by atoms with Gasteiger partial charge in [0.1, 0.15) is 11.9 Å². The molecular formula is C14H19BrO3S. The fourth-order valence-electron chi connectivity index (χ4n) is 2.33. The number of hydrogen-bond donors (Lipinski definition) is 0. The van der Waals surface area contributed by atoms with Gasteiger partial charge in [0.25, 0.3) is 0 Å². The Labute approximate surface area is 123 Å². The first kappa shape index (κ1) is 14.9. The number of ether oxygens (including phenoxy) is 1. The van der Waals surface area contributed by atoms with E-state index in [2.05, 4.69) is 29.8 Å². The van der Waals surface area contributed by atoms with Crippen LogP contribution in [0.2, 0.25) is 0 Å². The fourth-order valence-corrected chi connectivity index (χ4v) is 3.92. The van der Waals surface area contributed by atoms with E-state index in [1.807, 2.05) is 0 Å². The van der Waals surface area contributed by atoms with Crippen molar-refractivity contribution in [2.24, 2.45) is 5.41 Å². The third kappa shape index (κ3) is 2.82. The average molecular weight is 347 g/mol. The molecule has 0 N–H and O–H groups in total. The summed E-state index contributed by atoms with van der Waals surface area (Å²) in [4.78, 5) is 0.815. The maximum absolute atomic E-state index is 11.4. The van der Waals surface area contributed by atoms with Gasteiger partial charge >= 0.3 is 0 Å². The minimum Gasteiger partial charge on any atom is -0.490 e. The van der Waals surface area contributed by atoms with Crippen molar-refractivity contribution in [3.63, 3.8) is 0 Å². The molecule has 1 saturated carbocycles. The van der Waals surface area contributed by atoms with Crippen molar-refractivity contribution < 1.29 is 13.2 Å². The lowest BCUT2D eigenvalue weighted by Crippen LogP contribution is -2.54. The highest BCUT2D eigenvalue weighted by Crippen LogP contribution is 2.50. The Hall–Kier alpha value is -0.550. The van der Waals surface area contributed by atoms with E-state index in [4.69, 9.17) is 4.74 Å². The van der Waals surface area contributed by atoms with Gasteiger partial charge in [0, 0.05) is 16.5 Å². The normalized spacial score (nSPS) is 30.7. The maximum atomic E-state index is 11.4. The molecule has 0 heterocycles. The van der Waals surface area contributed by atoms with Crippen LogP contribution in [0.1, 0.15) is 26.7 Å². The molecule has 106 valence electrons. The van der Waals surface area contributed by atoms with E-state index in [0.717, 1.165) is 18.6 Å². The van der Waals surface area contributed by atoms with Gasteiger partial charge in [-0.1, -0.05) is 29.8 Å². The summed E-state index contributed by atoms with van der Waals surface area (Å²) in [5.74, 6) is 0.733. The SMILES string of the molecule is CCC1(C)C(Br)CC1Oc1ccc(S(C)(=O)=O)cc1. The molecule has 0 amide bonds. The zero-order chi connectivity index (χ0) is 14.3. The minimum atomic E-state index is -3.14. The zero-order valence-corrected chi connectivity index (χ0v) is 13.8. The molecule has 5 heteroatoms. The molecule has 0 aromatic heterocycles. The number of sulfone groups is 1. The van der Waals surface area contributed by atoms with Crippen LogP contribution in [-0.4, -0.2) is 25.6 Å². The van der Waals surface area contributed by atoms with Crippen LogP contribution in [0, 0.1) is 5.41 Å². The molecule has 1 aliphatic carbocycles. The van der Waals surface area contributed by atoms with Crippen molar-refractivity contribution in [2.75, 3.05) is 6.26 Å². The summed E-state index contributed by atoms with van der Waals surface area (Å²) in [5.41, 5.74) is 0.148. The number of rotatable bonds is 4. The quantitative estimate of drug-likeness (QED) is 0.784. The van der Waals surface area contributed by atoms with Gasteiger partial charge in [-0.25, -0.2) is 8.42 Å². The average Bonchev–Trinajstić information content (AvgIpc) is 2.37. The fraction of sp³-hybridized carbons (Fsp3) is 0.571. The largest absolute Gasteiger partial charge is 0.490 e. The second-order valence-corrected chi connectivity index (χ2v) is 8.53. The van der Waals surface area contributed by atoms with Crippen molar-refractivity contribution >= 4 is 25.8 Å². The highest BCUT2D eigenvalue weighted by Gasteiger charge is 2.50. The van der Waals surface area contributed by atoms with E-state index in [-0.39, 0.29) is 11.5 Å². The molecule has 1 aliphatic rings. The Morgan fingerprint density at radius 3 is 2.37 bits per heavy atom. The van der Waals surface area contributed by atoms with Gasteiger partial charge in [0.05, 0.1) is 4.90 Å². The topological polar surface area (TPSA) is 43.4 Å². The summed E-state index contributed by atoms with van der Waals surface area (Å²) in [5, 5.41) is 0. The predicted octanol–water partition coefficient (Wildman–Crippen LogP) is 3.42. The molecule has 19 heavy (non-hydrogen) atoms. The third-order valence-corrected chi connectivity index (χ3v) is 6.71. The van der Waals surface area contributed by atoms with Crippen LogP contribution >= 0.6 is 15.9 Å². The molecule has 1 fully saturated rings. The minimum absolute atomic E-state index is 0.148. The molecule has 0 spiro atoms. The van der Waals surface area contributed by atoms with Crippen LogP contribution in [0.15, 0.2) is 29.2 Å². The van der Waals surface area contributed by atoms with Gasteiger partial charge in [0.15, 0.2) is 9.84 Å². The van der Waals surface area contributed by atoms with Crippen molar-refractivity contribution in [1.29, 1.82) is 0 Å². The van der Waals surface area contributed by atoms with Gasteiger partial charge < -0.3 is 4.74 Å². The number of halogens is 1. The summed E-state index contributed by atoms with van der Waals surface area (Å²) >= 11 is 3.68. The molecular weight excluding hydrogens is 328 g/mol. The maximum Gasteiger partial charge on any atom is 0.175 e. The third-order valence-electron chi connectivity index (χ3n) is 4.16. The first-order valence-corrected chi connectivity index (χ1v) is 9.19. The highest BCUT2D eigenvalue weighted by atomic mass is 79.9. The second kappa shape index (κ2) is 5.09. The summed E-state index contributed by atoms with van der Waals surface area (Å²) in [7, 11) is -3.14. The molecule has 0 bridgehead atoms. The van der Waals surface area contributed by atoms with Gasteiger partial charge in [-0.15, -0.1) is 0 Å². The Morgan fingerprint density at radius 2 is 1.95 bits per heavy atom. The lowest BCUT2D eigenvalue weighted by molar-refractivity contribution is -0.0243. The summed E-state index contributed by atoms with van der Waals surface area (Å²) in [6.45, 7) is 4.38. The summed E-state index contributed by atoms with van der Waals surface area (Å²) < 4.78 is 28.7. The molecule has 1 aromatic rings. The number of alkyl halides is 1. The second-order valence-electron chi connectivity index (χ2n) is 5.41. The van der Waals surface area contributed by atoms with E-state index < -0.39 is 9.84 Å². The molecule has 3 unspecified atom stereocenters. The van der Waals surface area contributed by atoms with Crippen LogP contribution in [0.5, 0.6) is 5.75 Å². The van der Waals surface area contributed by atoms with Gasteiger partial charge in [0.2, 0.25) is 0 Å². The smallest absolute Gasteiger partial charge is 0.175 e. The standard InChI is InChI=1S/C14H19BrO3S/c1-4-14(2)12(15)9-13(14)18-10-5-7-11(8-6-10)19(3,16)17/h5-8,12-13H,4,9H2,1-3H3. The van der Waals surface area contributed by atoms with Crippen LogP contribution in [0.25, 0.3) is 0 Å². The Morgan fingerprint density at radius 1 is 1.37 bits per heavy atom. The van der Waals surface area contributed by atoms with Gasteiger partial charge in [-0.2, -0.15) is 0 Å². The monoisotopic (exact) mass is 346 g/mol. The first-order valence-electron chi connectivity index (χ1n) is 6.38. The van der Waals surface area contributed by atoms with Crippen LogP contribution in [0.4, 0.5) is 0 Å². The number of hydrogen-bond acceptors (Lipinski definition) is 3. The molecule has 3 nitrogen and oxygen atoms in total. The van der Waals surface area contributed by atoms with Crippen LogP contribution in [-0.2, 0) is 9.84 Å². The van der Waals surface area contributed by atoms with Crippen molar-refractivity contribution in [2.45, 2.75) is 42.5 Å². The van der Waals surface area contributed by atoms with Crippen LogP contribution < -0.4 is 4.74 Å². The van der Waals surface area contributed by atoms with E-state index in [1.54, 1.807) is 24.3 Å². The van der Waals surface area contributed by atoms with E-state index in [9.17, 15) is 8.42 Å². The summed E-state index contributed by atoms with van der Waals surface area (Å²) in [6, 6.07) is 6.65. The van der Waals surface area contributed by atoms with E-state index in [1.165, 1.54) is 6.26 Å².